The Morgan fingerprint density at radius 2 is 1.70 bits per heavy atom. The molecule has 10 heteroatoms. The van der Waals surface area contributed by atoms with Gasteiger partial charge in [-0.1, -0.05) is 0 Å². The average Bonchev–Trinajstić information content (AvgIpc) is 3.02. The third-order valence-corrected chi connectivity index (χ3v) is 5.95. The van der Waals surface area contributed by atoms with Gasteiger partial charge in [0.1, 0.15) is 12.1 Å². The molecule has 0 atom stereocenters. The van der Waals surface area contributed by atoms with Gasteiger partial charge < -0.3 is 9.73 Å². The van der Waals surface area contributed by atoms with E-state index in [0.29, 0.717) is 16.8 Å². The largest absolute Gasteiger partial charge is 0.464 e. The fraction of sp³-hybridized carbons (Fsp3) is 0.250. The quantitative estimate of drug-likeness (QED) is 0.605. The zero-order chi connectivity index (χ0) is 22.1. The number of alkyl halides is 3. The van der Waals surface area contributed by atoms with Gasteiger partial charge in [0.25, 0.3) is 0 Å². The lowest BCUT2D eigenvalue weighted by molar-refractivity contribution is -0.121. The SMILES string of the molecule is Cc1cc2occ(CC(=O)Nc3ccc(S(=O)(=O)NCC(F)(F)F)cc3)c2cc1C. The number of hydrogen-bond acceptors (Lipinski definition) is 4. The van der Waals surface area contributed by atoms with Crippen LogP contribution in [0.3, 0.4) is 0 Å². The number of furan rings is 1. The van der Waals surface area contributed by atoms with Crippen molar-refractivity contribution in [2.45, 2.75) is 31.3 Å². The van der Waals surface area contributed by atoms with Crippen molar-refractivity contribution in [1.29, 1.82) is 0 Å². The molecule has 0 aliphatic carbocycles. The summed E-state index contributed by atoms with van der Waals surface area (Å²) in [6, 6.07) is 8.70. The maximum atomic E-state index is 12.4. The maximum absolute atomic E-state index is 12.4. The molecule has 1 amide bonds. The molecule has 30 heavy (non-hydrogen) atoms. The van der Waals surface area contributed by atoms with Crippen LogP contribution in [0.2, 0.25) is 0 Å². The van der Waals surface area contributed by atoms with Gasteiger partial charge in [0.15, 0.2) is 0 Å². The number of halogens is 3. The standard InChI is InChI=1S/C20H19F3N2O4S/c1-12-7-17-14(10-29-18(17)8-13(12)2)9-19(26)25-15-3-5-16(6-4-15)30(27,28)24-11-20(21,22)23/h3-8,10,24H,9,11H2,1-2H3,(H,25,26). The smallest absolute Gasteiger partial charge is 0.402 e. The number of fused-ring (bicyclic) bond motifs is 1. The lowest BCUT2D eigenvalue weighted by Gasteiger charge is -2.10. The Morgan fingerprint density at radius 1 is 1.07 bits per heavy atom. The zero-order valence-corrected chi connectivity index (χ0v) is 16.9. The Morgan fingerprint density at radius 3 is 2.33 bits per heavy atom. The fourth-order valence-corrected chi connectivity index (χ4v) is 3.84. The molecule has 1 aromatic heterocycles. The number of carbonyl (C=O) groups is 1. The molecule has 3 rings (SSSR count). The number of aryl methyl sites for hydroxylation is 2. The Balaban J connectivity index is 1.67. The van der Waals surface area contributed by atoms with E-state index in [1.165, 1.54) is 23.1 Å². The Bertz CT molecular complexity index is 1180. The van der Waals surface area contributed by atoms with Crippen molar-refractivity contribution in [2.24, 2.45) is 0 Å². The van der Waals surface area contributed by atoms with Gasteiger partial charge in [0, 0.05) is 16.6 Å². The highest BCUT2D eigenvalue weighted by atomic mass is 32.2. The second kappa shape index (κ2) is 8.11. The van der Waals surface area contributed by atoms with Crippen LogP contribution < -0.4 is 10.0 Å². The predicted octanol–water partition coefficient (Wildman–Crippen LogP) is 4.07. The van der Waals surface area contributed by atoms with E-state index in [1.807, 2.05) is 26.0 Å². The van der Waals surface area contributed by atoms with Crippen LogP contribution in [-0.4, -0.2) is 27.0 Å². The third-order valence-electron chi connectivity index (χ3n) is 4.53. The van der Waals surface area contributed by atoms with Gasteiger partial charge in [-0.05, 0) is 61.4 Å². The maximum Gasteiger partial charge on any atom is 0.402 e. The van der Waals surface area contributed by atoms with Crippen molar-refractivity contribution in [3.8, 4) is 0 Å². The van der Waals surface area contributed by atoms with Crippen LogP contribution in [-0.2, 0) is 21.2 Å². The second-order valence-corrected chi connectivity index (χ2v) is 8.65. The van der Waals surface area contributed by atoms with E-state index >= 15 is 0 Å². The number of rotatable bonds is 6. The number of sulfonamides is 1. The number of nitrogens with one attached hydrogen (secondary N) is 2. The highest BCUT2D eigenvalue weighted by molar-refractivity contribution is 7.89. The van der Waals surface area contributed by atoms with E-state index in [0.717, 1.165) is 28.6 Å². The minimum Gasteiger partial charge on any atom is -0.464 e. The van der Waals surface area contributed by atoms with Crippen LogP contribution in [0.25, 0.3) is 11.0 Å². The third kappa shape index (κ3) is 5.19. The minimum atomic E-state index is -4.66. The van der Waals surface area contributed by atoms with Crippen LogP contribution in [0.1, 0.15) is 16.7 Å². The van der Waals surface area contributed by atoms with Gasteiger partial charge in [-0.15, -0.1) is 0 Å². The second-order valence-electron chi connectivity index (χ2n) is 6.88. The monoisotopic (exact) mass is 440 g/mol. The molecule has 2 aromatic carbocycles. The topological polar surface area (TPSA) is 88.4 Å². The molecule has 0 aliphatic heterocycles. The molecule has 0 fully saturated rings. The first-order chi connectivity index (χ1) is 13.9. The molecule has 0 bridgehead atoms. The molecule has 0 spiro atoms. The number of carbonyl (C=O) groups excluding carboxylic acids is 1. The number of anilines is 1. The zero-order valence-electron chi connectivity index (χ0n) is 16.1. The number of benzene rings is 2. The Kier molecular flexibility index (Phi) is 5.91. The summed E-state index contributed by atoms with van der Waals surface area (Å²) in [5.74, 6) is -0.346. The molecule has 6 nitrogen and oxygen atoms in total. The van der Waals surface area contributed by atoms with Crippen molar-refractivity contribution in [3.05, 3.63) is 59.4 Å². The van der Waals surface area contributed by atoms with E-state index in [-0.39, 0.29) is 17.2 Å². The molecular weight excluding hydrogens is 421 g/mol. The summed E-state index contributed by atoms with van der Waals surface area (Å²) in [7, 11) is -4.31. The average molecular weight is 440 g/mol. The van der Waals surface area contributed by atoms with Crippen LogP contribution >= 0.6 is 0 Å². The van der Waals surface area contributed by atoms with Crippen molar-refractivity contribution < 1.29 is 30.8 Å². The Hall–Kier alpha value is -2.85. The first-order valence-electron chi connectivity index (χ1n) is 8.88. The van der Waals surface area contributed by atoms with E-state index in [1.54, 1.807) is 0 Å². The predicted molar refractivity (Wildman–Crippen MR) is 106 cm³/mol. The molecule has 160 valence electrons. The van der Waals surface area contributed by atoms with Crippen molar-refractivity contribution >= 4 is 32.6 Å². The summed E-state index contributed by atoms with van der Waals surface area (Å²) in [5.41, 5.74) is 3.85. The van der Waals surface area contributed by atoms with Crippen molar-refractivity contribution in [3.63, 3.8) is 0 Å². The summed E-state index contributed by atoms with van der Waals surface area (Å²) in [6.07, 6.45) is -3.09. The summed E-state index contributed by atoms with van der Waals surface area (Å²) in [6.45, 7) is 2.27. The van der Waals surface area contributed by atoms with Crippen LogP contribution in [0.4, 0.5) is 18.9 Å². The van der Waals surface area contributed by atoms with E-state index in [9.17, 15) is 26.4 Å². The summed E-state index contributed by atoms with van der Waals surface area (Å²) < 4.78 is 67.4. The Labute approximate surface area is 171 Å². The summed E-state index contributed by atoms with van der Waals surface area (Å²) in [5, 5.41) is 3.47. The van der Waals surface area contributed by atoms with Gasteiger partial charge >= 0.3 is 6.18 Å². The molecule has 0 radical (unpaired) electrons. The molecule has 0 unspecified atom stereocenters. The first-order valence-corrected chi connectivity index (χ1v) is 10.4. The van der Waals surface area contributed by atoms with Gasteiger partial charge in [-0.3, -0.25) is 4.79 Å². The lowest BCUT2D eigenvalue weighted by atomic mass is 10.0. The van der Waals surface area contributed by atoms with E-state index in [4.69, 9.17) is 4.42 Å². The first kappa shape index (κ1) is 21.8. The van der Waals surface area contributed by atoms with Gasteiger partial charge in [0.05, 0.1) is 17.6 Å². The number of hydrogen-bond donors (Lipinski definition) is 2. The molecule has 0 saturated carbocycles. The molecule has 0 saturated heterocycles. The highest BCUT2D eigenvalue weighted by Crippen LogP contribution is 2.25. The number of amides is 1. The van der Waals surface area contributed by atoms with E-state index < -0.39 is 22.7 Å². The van der Waals surface area contributed by atoms with Crippen LogP contribution in [0.15, 0.2) is 52.0 Å². The summed E-state index contributed by atoms with van der Waals surface area (Å²) >= 11 is 0. The molecule has 2 N–H and O–H groups in total. The normalized spacial score (nSPS) is 12.3. The molecular formula is C20H19F3N2O4S. The lowest BCUT2D eigenvalue weighted by Crippen LogP contribution is -2.33. The van der Waals surface area contributed by atoms with Gasteiger partial charge in [-0.25, -0.2) is 13.1 Å². The van der Waals surface area contributed by atoms with Crippen LogP contribution in [0, 0.1) is 13.8 Å². The molecule has 3 aromatic rings. The highest BCUT2D eigenvalue weighted by Gasteiger charge is 2.30. The minimum absolute atomic E-state index is 0.0443. The molecule has 0 aliphatic rings. The fourth-order valence-electron chi connectivity index (χ4n) is 2.83. The van der Waals surface area contributed by atoms with E-state index in [2.05, 4.69) is 5.32 Å². The van der Waals surface area contributed by atoms with Gasteiger partial charge in [0.2, 0.25) is 15.9 Å². The van der Waals surface area contributed by atoms with Crippen molar-refractivity contribution in [2.75, 3.05) is 11.9 Å². The van der Waals surface area contributed by atoms with Crippen molar-refractivity contribution in [1.82, 2.24) is 4.72 Å². The molecule has 1 heterocycles. The summed E-state index contributed by atoms with van der Waals surface area (Å²) in [4.78, 5) is 12.0. The van der Waals surface area contributed by atoms with Gasteiger partial charge in [-0.2, -0.15) is 13.2 Å². The van der Waals surface area contributed by atoms with Crippen LogP contribution in [0.5, 0.6) is 0 Å².